The van der Waals surface area contributed by atoms with Crippen LogP contribution in [0, 0.1) is 16.2 Å². The van der Waals surface area contributed by atoms with Gasteiger partial charge in [0.25, 0.3) is 15.9 Å². The number of piperidine rings is 1. The zero-order valence-electron chi connectivity index (χ0n) is 35.0. The molecule has 16 heteroatoms. The van der Waals surface area contributed by atoms with Gasteiger partial charge in [0, 0.05) is 67.8 Å². The van der Waals surface area contributed by atoms with Gasteiger partial charge >= 0.3 is 0 Å². The quantitative estimate of drug-likeness (QED) is 0.0879. The lowest BCUT2D eigenvalue weighted by atomic mass is 9.72. The van der Waals surface area contributed by atoms with Crippen molar-refractivity contribution in [1.82, 2.24) is 34.7 Å². The smallest absolute Gasteiger partial charge is 0.267 e. The van der Waals surface area contributed by atoms with Gasteiger partial charge in [-0.1, -0.05) is 43.2 Å². The molecule has 0 atom stereocenters. The molecule has 62 heavy (non-hydrogen) atoms. The van der Waals surface area contributed by atoms with Crippen molar-refractivity contribution in [3.63, 3.8) is 0 Å². The minimum Gasteiger partial charge on any atom is -0.383 e. The van der Waals surface area contributed by atoms with Gasteiger partial charge in [-0.15, -0.1) is 4.91 Å². The third kappa shape index (κ3) is 8.85. The number of nitrogens with zero attached hydrogens (tertiary/aromatic N) is 6. The summed E-state index contributed by atoms with van der Waals surface area (Å²) in [6.07, 6.45) is 8.68. The molecule has 3 aliphatic rings. The standard InChI is InChI=1S/C46H51ClN10O4S/c1-46(2)15-11-33(38(26-46)31-3-5-34(47)6-4-31)29-55-19-21-56(22-20-55)35-7-9-37(42(24-35)57-43-23-32-14-18-49-44(32)52-41(43)28-51-57)45(58)54-62(60,61)36-8-10-39(40(25-36)53-59)50-27-30-12-16-48-17-13-30/h3-10,14,18,23-25,28,30,48,50-51H,11-13,15-17,19-22,26-27,29H2,1-2H3,(H,54,58). The van der Waals surface area contributed by atoms with Crippen molar-refractivity contribution in [1.29, 1.82) is 0 Å². The molecule has 0 spiro atoms. The van der Waals surface area contributed by atoms with E-state index in [-0.39, 0.29) is 21.6 Å². The lowest BCUT2D eigenvalue weighted by Gasteiger charge is -2.39. The number of nitroso groups, excluding NO2 is 1. The number of aromatic amines is 1. The molecule has 3 aromatic heterocycles. The molecule has 0 radical (unpaired) electrons. The highest BCUT2D eigenvalue weighted by Gasteiger charge is 2.30. The maximum absolute atomic E-state index is 14.2. The van der Waals surface area contributed by atoms with Crippen molar-refractivity contribution < 1.29 is 13.2 Å². The SMILES string of the molecule is CC1(C)CCC(CN2CCN(c3ccc(C(=O)NS(=O)(=O)c4ccc(NCC5CCNCC5)c(N=O)c4)c(-n4[nH]cc5nc6nccc6cc54)c3)CC2)=C(c2ccc(Cl)cc2)C1. The van der Waals surface area contributed by atoms with E-state index in [4.69, 9.17) is 16.6 Å². The number of nitrogens with one attached hydrogen (secondary N) is 4. The molecular weight excluding hydrogens is 824 g/mol. The van der Waals surface area contributed by atoms with Crippen molar-refractivity contribution in [3.8, 4) is 5.69 Å². The van der Waals surface area contributed by atoms with E-state index in [0.29, 0.717) is 40.5 Å². The second-order valence-electron chi connectivity index (χ2n) is 17.5. The van der Waals surface area contributed by atoms with Crippen molar-refractivity contribution in [3.05, 3.63) is 112 Å². The molecule has 9 rings (SSSR count). The number of sulfonamides is 1. The Morgan fingerprint density at radius 2 is 1.77 bits per heavy atom. The van der Waals surface area contributed by atoms with Gasteiger partial charge in [0.05, 0.1) is 27.4 Å². The fraction of sp³-hybridized carbons (Fsp3) is 0.370. The molecule has 2 saturated heterocycles. The molecule has 2 fully saturated rings. The number of rotatable bonds is 12. The van der Waals surface area contributed by atoms with Crippen LogP contribution in [0.1, 0.15) is 61.9 Å². The van der Waals surface area contributed by atoms with Gasteiger partial charge in [0.2, 0.25) is 0 Å². The molecule has 5 heterocycles. The molecule has 322 valence electrons. The summed E-state index contributed by atoms with van der Waals surface area (Å²) >= 11 is 6.26. The minimum atomic E-state index is -4.42. The Morgan fingerprint density at radius 3 is 2.55 bits per heavy atom. The predicted octanol–water partition coefficient (Wildman–Crippen LogP) is 8.27. The van der Waals surface area contributed by atoms with Gasteiger partial charge < -0.3 is 15.5 Å². The van der Waals surface area contributed by atoms with Crippen LogP contribution in [0.2, 0.25) is 5.02 Å². The fourth-order valence-corrected chi connectivity index (χ4v) is 10.2. The van der Waals surface area contributed by atoms with E-state index in [1.165, 1.54) is 34.9 Å². The third-order valence-electron chi connectivity index (χ3n) is 12.7. The highest BCUT2D eigenvalue weighted by molar-refractivity contribution is 7.90. The summed E-state index contributed by atoms with van der Waals surface area (Å²) in [6.45, 7) is 11.3. The maximum Gasteiger partial charge on any atom is 0.267 e. The minimum absolute atomic E-state index is 0.0463. The van der Waals surface area contributed by atoms with Crippen LogP contribution in [-0.4, -0.2) is 91.3 Å². The van der Waals surface area contributed by atoms with E-state index in [2.05, 4.69) is 66.4 Å². The zero-order chi connectivity index (χ0) is 43.0. The van der Waals surface area contributed by atoms with Crippen LogP contribution in [0.4, 0.5) is 17.1 Å². The Labute approximate surface area is 366 Å². The van der Waals surface area contributed by atoms with Gasteiger partial charge in [0.1, 0.15) is 11.2 Å². The average molecular weight is 875 g/mol. The van der Waals surface area contributed by atoms with Crippen molar-refractivity contribution in [2.45, 2.75) is 50.8 Å². The molecule has 2 aliphatic heterocycles. The summed E-state index contributed by atoms with van der Waals surface area (Å²) in [5.41, 5.74) is 8.20. The lowest BCUT2D eigenvalue weighted by Crippen LogP contribution is -2.47. The Bertz CT molecular complexity index is 2790. The number of carbonyl (C=O) groups excluding carboxylic acids is 1. The van der Waals surface area contributed by atoms with Crippen molar-refractivity contribution in [2.24, 2.45) is 16.5 Å². The maximum atomic E-state index is 14.2. The second-order valence-corrected chi connectivity index (χ2v) is 19.7. The molecule has 0 saturated carbocycles. The predicted molar refractivity (Wildman–Crippen MR) is 246 cm³/mol. The van der Waals surface area contributed by atoms with E-state index in [0.717, 1.165) is 94.0 Å². The van der Waals surface area contributed by atoms with Crippen LogP contribution in [0.15, 0.2) is 101 Å². The highest BCUT2D eigenvalue weighted by atomic mass is 35.5. The normalized spacial score (nSPS) is 17.8. The van der Waals surface area contributed by atoms with Crippen LogP contribution in [0.25, 0.3) is 33.3 Å². The van der Waals surface area contributed by atoms with Crippen LogP contribution >= 0.6 is 11.6 Å². The molecule has 1 aliphatic carbocycles. The highest BCUT2D eigenvalue weighted by Crippen LogP contribution is 2.43. The number of benzene rings is 3. The largest absolute Gasteiger partial charge is 0.383 e. The third-order valence-corrected chi connectivity index (χ3v) is 14.3. The number of carbonyl (C=O) groups is 1. The lowest BCUT2D eigenvalue weighted by molar-refractivity contribution is 0.0981. The monoisotopic (exact) mass is 874 g/mol. The molecule has 0 unspecified atom stereocenters. The van der Waals surface area contributed by atoms with Crippen molar-refractivity contribution >= 4 is 72.2 Å². The summed E-state index contributed by atoms with van der Waals surface area (Å²) in [5, 5.41) is 14.5. The van der Waals surface area contributed by atoms with Gasteiger partial charge in [-0.2, -0.15) is 0 Å². The number of amides is 1. The Balaban J connectivity index is 0.970. The topological polar surface area (TPSA) is 170 Å². The first-order valence-electron chi connectivity index (χ1n) is 21.3. The Hall–Kier alpha value is -5.61. The number of H-pyrrole nitrogens is 1. The number of hydrogen-bond acceptors (Lipinski definition) is 11. The molecule has 4 N–H and O–H groups in total. The number of aromatic nitrogens is 4. The van der Waals surface area contributed by atoms with E-state index in [1.54, 1.807) is 23.1 Å². The number of piperazine rings is 1. The molecule has 14 nitrogen and oxygen atoms in total. The Morgan fingerprint density at radius 1 is 0.984 bits per heavy atom. The summed E-state index contributed by atoms with van der Waals surface area (Å²) < 4.78 is 31.6. The van der Waals surface area contributed by atoms with E-state index < -0.39 is 15.9 Å². The number of allylic oxidation sites excluding steroid dienone is 1. The van der Waals surface area contributed by atoms with Crippen LogP contribution in [-0.2, 0) is 10.0 Å². The van der Waals surface area contributed by atoms with E-state index >= 15 is 0 Å². The molecule has 3 aromatic carbocycles. The zero-order valence-corrected chi connectivity index (χ0v) is 36.5. The summed E-state index contributed by atoms with van der Waals surface area (Å²) in [5.74, 6) is -0.404. The van der Waals surface area contributed by atoms with E-state index in [1.807, 2.05) is 36.4 Å². The van der Waals surface area contributed by atoms with Gasteiger partial charge in [-0.05, 0) is 134 Å². The Kier molecular flexibility index (Phi) is 11.6. The van der Waals surface area contributed by atoms with Gasteiger partial charge in [0.15, 0.2) is 5.65 Å². The molecule has 1 amide bonds. The molecular formula is C46H51ClN10O4S. The van der Waals surface area contributed by atoms with Crippen LogP contribution in [0.3, 0.4) is 0 Å². The number of halogens is 1. The first-order chi connectivity index (χ1) is 29.9. The van der Waals surface area contributed by atoms with Crippen LogP contribution in [0.5, 0.6) is 0 Å². The molecule has 6 aromatic rings. The fourth-order valence-electron chi connectivity index (χ4n) is 9.09. The van der Waals surface area contributed by atoms with E-state index in [9.17, 15) is 18.1 Å². The summed E-state index contributed by atoms with van der Waals surface area (Å²) in [7, 11) is -4.42. The second kappa shape index (κ2) is 17.3. The summed E-state index contributed by atoms with van der Waals surface area (Å²) in [4.78, 5) is 39.7. The number of pyridine rings is 1. The van der Waals surface area contributed by atoms with Crippen molar-refractivity contribution in [2.75, 3.05) is 62.6 Å². The van der Waals surface area contributed by atoms with Gasteiger partial charge in [-0.25, -0.2) is 23.1 Å². The number of anilines is 2. The van der Waals surface area contributed by atoms with Gasteiger partial charge in [-0.3, -0.25) is 19.5 Å². The molecule has 0 bridgehead atoms. The number of fused-ring (bicyclic) bond motifs is 2. The number of hydrogen-bond donors (Lipinski definition) is 4. The summed E-state index contributed by atoms with van der Waals surface area (Å²) in [6, 6.07) is 21.6. The average Bonchev–Trinajstić information content (AvgIpc) is 3.92. The van der Waals surface area contributed by atoms with Crippen LogP contribution < -0.4 is 20.3 Å². The first-order valence-corrected chi connectivity index (χ1v) is 23.2. The first kappa shape index (κ1) is 41.7.